The van der Waals surface area contributed by atoms with E-state index in [4.69, 9.17) is 0 Å². The van der Waals surface area contributed by atoms with Gasteiger partial charge in [-0.2, -0.15) is 5.10 Å². The second kappa shape index (κ2) is 5.27. The van der Waals surface area contributed by atoms with Crippen molar-refractivity contribution in [1.29, 1.82) is 0 Å². The van der Waals surface area contributed by atoms with E-state index in [9.17, 15) is 0 Å². The smallest absolute Gasteiger partial charge is 0.0522 e. The molecule has 0 amide bonds. The van der Waals surface area contributed by atoms with E-state index in [0.717, 1.165) is 13.1 Å². The van der Waals surface area contributed by atoms with Crippen LogP contribution >= 0.6 is 11.3 Å². The zero-order valence-corrected chi connectivity index (χ0v) is 10.5. The van der Waals surface area contributed by atoms with Crippen LogP contribution < -0.4 is 5.32 Å². The van der Waals surface area contributed by atoms with Crippen molar-refractivity contribution in [3.63, 3.8) is 0 Å². The molecule has 2 aromatic rings. The molecule has 2 rings (SSSR count). The monoisotopic (exact) mass is 235 g/mol. The summed E-state index contributed by atoms with van der Waals surface area (Å²) < 4.78 is 2.02. The van der Waals surface area contributed by atoms with Crippen molar-refractivity contribution >= 4 is 11.3 Å². The lowest BCUT2D eigenvalue weighted by Crippen LogP contribution is -2.19. The van der Waals surface area contributed by atoms with Crippen molar-refractivity contribution < 1.29 is 0 Å². The molecule has 0 aliphatic carbocycles. The Bertz CT molecular complexity index is 419. The minimum absolute atomic E-state index is 0.403. The Labute approximate surface area is 100 Å². The number of hydrogen-bond donors (Lipinski definition) is 1. The number of aryl methyl sites for hydroxylation is 1. The number of nitrogens with zero attached hydrogens (tertiary/aromatic N) is 2. The van der Waals surface area contributed by atoms with Gasteiger partial charge in [0.05, 0.1) is 5.69 Å². The van der Waals surface area contributed by atoms with Crippen molar-refractivity contribution in [3.8, 4) is 0 Å². The van der Waals surface area contributed by atoms with Gasteiger partial charge in [0.2, 0.25) is 0 Å². The molecule has 2 aromatic heterocycles. The molecule has 86 valence electrons. The third kappa shape index (κ3) is 2.51. The maximum Gasteiger partial charge on any atom is 0.0522 e. The molecular weight excluding hydrogens is 218 g/mol. The first-order chi connectivity index (χ1) is 7.81. The van der Waals surface area contributed by atoms with E-state index < -0.39 is 0 Å². The Morgan fingerprint density at radius 2 is 2.38 bits per heavy atom. The van der Waals surface area contributed by atoms with Gasteiger partial charge < -0.3 is 5.32 Å². The fourth-order valence-corrected chi connectivity index (χ4v) is 2.45. The molecule has 2 heterocycles. The molecule has 0 aliphatic heterocycles. The van der Waals surface area contributed by atoms with Crippen LogP contribution in [0.25, 0.3) is 0 Å². The molecular formula is C12H17N3S. The van der Waals surface area contributed by atoms with Crippen LogP contribution in [0.1, 0.15) is 30.5 Å². The summed E-state index contributed by atoms with van der Waals surface area (Å²) in [6.07, 6.45) is 1.86. The molecule has 0 bridgehead atoms. The second-order valence-electron chi connectivity index (χ2n) is 3.76. The van der Waals surface area contributed by atoms with Gasteiger partial charge in [-0.1, -0.05) is 6.07 Å². The summed E-state index contributed by atoms with van der Waals surface area (Å²) in [7, 11) is 0. The largest absolute Gasteiger partial charge is 0.304 e. The molecule has 16 heavy (non-hydrogen) atoms. The number of thiophene rings is 1. The maximum absolute atomic E-state index is 4.25. The van der Waals surface area contributed by atoms with Crippen molar-refractivity contribution in [2.75, 3.05) is 0 Å². The summed E-state index contributed by atoms with van der Waals surface area (Å²) in [5, 5.41) is 9.88. The van der Waals surface area contributed by atoms with Gasteiger partial charge in [0, 0.05) is 30.2 Å². The van der Waals surface area contributed by atoms with Gasteiger partial charge in [0.1, 0.15) is 0 Å². The molecule has 1 atom stereocenters. The molecule has 0 aliphatic rings. The standard InChI is InChI=1S/C12H17N3S/c1-3-15-11(6-7-14-15)9-13-10(2)12-5-4-8-16-12/h4-8,10,13H,3,9H2,1-2H3. The minimum atomic E-state index is 0.403. The molecule has 0 radical (unpaired) electrons. The van der Waals surface area contributed by atoms with E-state index in [1.807, 2.05) is 10.9 Å². The predicted molar refractivity (Wildman–Crippen MR) is 67.5 cm³/mol. The van der Waals surface area contributed by atoms with Crippen molar-refractivity contribution in [2.24, 2.45) is 0 Å². The third-order valence-electron chi connectivity index (χ3n) is 2.66. The lowest BCUT2D eigenvalue weighted by molar-refractivity contribution is 0.536. The summed E-state index contributed by atoms with van der Waals surface area (Å²) in [4.78, 5) is 1.38. The topological polar surface area (TPSA) is 29.9 Å². The Morgan fingerprint density at radius 1 is 1.50 bits per heavy atom. The fraction of sp³-hybridized carbons (Fsp3) is 0.417. The molecule has 1 N–H and O–H groups in total. The van der Waals surface area contributed by atoms with E-state index in [2.05, 4.69) is 47.8 Å². The lowest BCUT2D eigenvalue weighted by Gasteiger charge is -2.12. The van der Waals surface area contributed by atoms with Gasteiger partial charge in [-0.25, -0.2) is 0 Å². The number of rotatable bonds is 5. The highest BCUT2D eigenvalue weighted by Gasteiger charge is 2.07. The van der Waals surface area contributed by atoms with Gasteiger partial charge in [-0.3, -0.25) is 4.68 Å². The molecule has 0 spiro atoms. The molecule has 1 unspecified atom stereocenters. The molecule has 3 nitrogen and oxygen atoms in total. The number of aromatic nitrogens is 2. The van der Waals surface area contributed by atoms with Gasteiger partial charge in [0.15, 0.2) is 0 Å². The zero-order chi connectivity index (χ0) is 11.4. The van der Waals surface area contributed by atoms with Crippen LogP contribution in [0.4, 0.5) is 0 Å². The Balaban J connectivity index is 1.92. The summed E-state index contributed by atoms with van der Waals surface area (Å²) in [6.45, 7) is 6.10. The van der Waals surface area contributed by atoms with Crippen LogP contribution in [0.15, 0.2) is 29.8 Å². The summed E-state index contributed by atoms with van der Waals surface area (Å²) in [5.41, 5.74) is 1.24. The predicted octanol–water partition coefficient (Wildman–Crippen LogP) is 2.82. The first-order valence-corrected chi connectivity index (χ1v) is 6.46. The minimum Gasteiger partial charge on any atom is -0.304 e. The highest BCUT2D eigenvalue weighted by molar-refractivity contribution is 7.10. The molecule has 0 aromatic carbocycles. The van der Waals surface area contributed by atoms with E-state index in [1.54, 1.807) is 11.3 Å². The van der Waals surface area contributed by atoms with Crippen molar-refractivity contribution in [2.45, 2.75) is 33.0 Å². The van der Waals surface area contributed by atoms with Gasteiger partial charge in [-0.15, -0.1) is 11.3 Å². The van der Waals surface area contributed by atoms with E-state index in [1.165, 1.54) is 10.6 Å². The molecule has 0 saturated heterocycles. The van der Waals surface area contributed by atoms with Gasteiger partial charge in [0.25, 0.3) is 0 Å². The van der Waals surface area contributed by atoms with Gasteiger partial charge >= 0.3 is 0 Å². The maximum atomic E-state index is 4.25. The third-order valence-corrected chi connectivity index (χ3v) is 3.72. The normalized spacial score (nSPS) is 12.9. The van der Waals surface area contributed by atoms with Crippen LogP contribution in [0, 0.1) is 0 Å². The van der Waals surface area contributed by atoms with Crippen LogP contribution in [-0.2, 0) is 13.1 Å². The van der Waals surface area contributed by atoms with Crippen LogP contribution in [0.3, 0.4) is 0 Å². The molecule has 0 saturated carbocycles. The average Bonchev–Trinajstić information content (AvgIpc) is 2.96. The van der Waals surface area contributed by atoms with E-state index in [-0.39, 0.29) is 0 Å². The fourth-order valence-electron chi connectivity index (χ4n) is 1.69. The van der Waals surface area contributed by atoms with Crippen LogP contribution in [0.5, 0.6) is 0 Å². The number of nitrogens with one attached hydrogen (secondary N) is 1. The summed E-state index contributed by atoms with van der Waals surface area (Å²) in [6, 6.07) is 6.73. The zero-order valence-electron chi connectivity index (χ0n) is 9.68. The first-order valence-electron chi connectivity index (χ1n) is 5.58. The number of hydrogen-bond acceptors (Lipinski definition) is 3. The lowest BCUT2D eigenvalue weighted by atomic mass is 10.2. The van der Waals surface area contributed by atoms with E-state index in [0.29, 0.717) is 6.04 Å². The van der Waals surface area contributed by atoms with Crippen molar-refractivity contribution in [3.05, 3.63) is 40.3 Å². The quantitative estimate of drug-likeness (QED) is 0.863. The summed E-state index contributed by atoms with van der Waals surface area (Å²) in [5.74, 6) is 0. The highest BCUT2D eigenvalue weighted by atomic mass is 32.1. The Morgan fingerprint density at radius 3 is 3.06 bits per heavy atom. The van der Waals surface area contributed by atoms with E-state index >= 15 is 0 Å². The Hall–Kier alpha value is -1.13. The molecule has 4 heteroatoms. The highest BCUT2D eigenvalue weighted by Crippen LogP contribution is 2.18. The van der Waals surface area contributed by atoms with Crippen LogP contribution in [-0.4, -0.2) is 9.78 Å². The first kappa shape index (κ1) is 11.4. The SMILES string of the molecule is CCn1nccc1CNC(C)c1cccs1. The van der Waals surface area contributed by atoms with Crippen molar-refractivity contribution in [1.82, 2.24) is 15.1 Å². The second-order valence-corrected chi connectivity index (χ2v) is 4.74. The average molecular weight is 235 g/mol. The Kier molecular flexibility index (Phi) is 3.74. The van der Waals surface area contributed by atoms with Crippen LogP contribution in [0.2, 0.25) is 0 Å². The molecule has 0 fully saturated rings. The van der Waals surface area contributed by atoms with Gasteiger partial charge in [-0.05, 0) is 31.4 Å². The summed E-state index contributed by atoms with van der Waals surface area (Å²) >= 11 is 1.79.